The van der Waals surface area contributed by atoms with E-state index in [1.165, 1.54) is 11.1 Å². The summed E-state index contributed by atoms with van der Waals surface area (Å²) in [5, 5.41) is 0. The number of piperazine rings is 1. The Morgan fingerprint density at radius 1 is 0.682 bits per heavy atom. The van der Waals surface area contributed by atoms with Crippen LogP contribution in [0.4, 0.5) is 0 Å². The van der Waals surface area contributed by atoms with Crippen molar-refractivity contribution in [3.8, 4) is 0 Å². The van der Waals surface area contributed by atoms with Crippen LogP contribution >= 0.6 is 0 Å². The molecule has 2 atom stereocenters. The lowest BCUT2D eigenvalue weighted by Gasteiger charge is -2.44. The van der Waals surface area contributed by atoms with Crippen molar-refractivity contribution < 1.29 is 0 Å². The first-order valence-corrected chi connectivity index (χ1v) is 8.28. The molecule has 1 aliphatic rings. The van der Waals surface area contributed by atoms with Crippen molar-refractivity contribution in [2.75, 3.05) is 13.1 Å². The number of benzene rings is 2. The fourth-order valence-corrected chi connectivity index (χ4v) is 3.35. The van der Waals surface area contributed by atoms with Crippen LogP contribution in [-0.2, 0) is 13.1 Å². The summed E-state index contributed by atoms with van der Waals surface area (Å²) in [4.78, 5) is 5.23. The maximum atomic E-state index is 2.61. The molecule has 1 fully saturated rings. The zero-order valence-electron chi connectivity index (χ0n) is 13.7. The maximum Gasteiger partial charge on any atom is 0.0237 e. The van der Waals surface area contributed by atoms with Crippen molar-refractivity contribution in [3.05, 3.63) is 71.8 Å². The molecule has 0 unspecified atom stereocenters. The van der Waals surface area contributed by atoms with Crippen molar-refractivity contribution in [3.63, 3.8) is 0 Å². The van der Waals surface area contributed by atoms with Crippen LogP contribution < -0.4 is 0 Å². The van der Waals surface area contributed by atoms with Crippen LogP contribution in [0.2, 0.25) is 0 Å². The second kappa shape index (κ2) is 7.08. The van der Waals surface area contributed by atoms with Gasteiger partial charge in [-0.2, -0.15) is 0 Å². The van der Waals surface area contributed by atoms with E-state index < -0.39 is 0 Å². The van der Waals surface area contributed by atoms with Gasteiger partial charge >= 0.3 is 0 Å². The van der Waals surface area contributed by atoms with Gasteiger partial charge in [-0.1, -0.05) is 60.7 Å². The van der Waals surface area contributed by atoms with Crippen LogP contribution in [0.5, 0.6) is 0 Å². The van der Waals surface area contributed by atoms with Crippen LogP contribution in [-0.4, -0.2) is 35.0 Å². The highest BCUT2D eigenvalue weighted by molar-refractivity contribution is 5.16. The predicted molar refractivity (Wildman–Crippen MR) is 92.6 cm³/mol. The van der Waals surface area contributed by atoms with Crippen molar-refractivity contribution in [2.45, 2.75) is 39.0 Å². The van der Waals surface area contributed by atoms with Gasteiger partial charge in [-0.15, -0.1) is 0 Å². The summed E-state index contributed by atoms with van der Waals surface area (Å²) in [7, 11) is 0. The molecular weight excluding hydrogens is 268 g/mol. The third-order valence-corrected chi connectivity index (χ3v) is 4.70. The maximum absolute atomic E-state index is 2.61. The smallest absolute Gasteiger partial charge is 0.0237 e. The highest BCUT2D eigenvalue weighted by Crippen LogP contribution is 2.20. The first-order chi connectivity index (χ1) is 10.7. The minimum Gasteiger partial charge on any atom is -0.294 e. The van der Waals surface area contributed by atoms with E-state index in [9.17, 15) is 0 Å². The van der Waals surface area contributed by atoms with Crippen molar-refractivity contribution >= 4 is 0 Å². The summed E-state index contributed by atoms with van der Waals surface area (Å²) in [6, 6.07) is 22.8. The van der Waals surface area contributed by atoms with Crippen LogP contribution in [0, 0.1) is 0 Å². The Morgan fingerprint density at radius 3 is 1.41 bits per heavy atom. The van der Waals surface area contributed by atoms with Gasteiger partial charge < -0.3 is 0 Å². The molecule has 116 valence electrons. The average Bonchev–Trinajstić information content (AvgIpc) is 2.54. The summed E-state index contributed by atoms with van der Waals surface area (Å²) < 4.78 is 0. The molecule has 0 aliphatic carbocycles. The van der Waals surface area contributed by atoms with Gasteiger partial charge in [-0.05, 0) is 25.0 Å². The second-order valence-corrected chi connectivity index (χ2v) is 6.53. The molecular formula is C20H26N2. The molecule has 1 aliphatic heterocycles. The highest BCUT2D eigenvalue weighted by Gasteiger charge is 2.28. The standard InChI is InChI=1S/C20H26N2/c1-17-13-22(16-20-11-7-4-8-12-20)18(2)14-21(17)15-19-9-5-3-6-10-19/h3-12,17-18H,13-16H2,1-2H3/t17-,18-/m0/s1. The molecule has 3 rings (SSSR count). The Bertz CT molecular complexity index is 513. The van der Waals surface area contributed by atoms with Gasteiger partial charge in [0.15, 0.2) is 0 Å². The molecule has 2 aromatic rings. The van der Waals surface area contributed by atoms with Gasteiger partial charge in [0, 0.05) is 38.3 Å². The summed E-state index contributed by atoms with van der Waals surface area (Å²) in [6.07, 6.45) is 0. The average molecular weight is 294 g/mol. The Labute approximate surface area is 134 Å². The van der Waals surface area contributed by atoms with E-state index in [0.717, 1.165) is 26.2 Å². The summed E-state index contributed by atoms with van der Waals surface area (Å²) in [6.45, 7) is 9.11. The summed E-state index contributed by atoms with van der Waals surface area (Å²) in [5.41, 5.74) is 2.83. The Balaban J connectivity index is 1.61. The van der Waals surface area contributed by atoms with Gasteiger partial charge in [0.25, 0.3) is 0 Å². The van der Waals surface area contributed by atoms with E-state index >= 15 is 0 Å². The number of hydrogen-bond acceptors (Lipinski definition) is 2. The van der Waals surface area contributed by atoms with Gasteiger partial charge in [0.1, 0.15) is 0 Å². The largest absolute Gasteiger partial charge is 0.294 e. The van der Waals surface area contributed by atoms with Gasteiger partial charge in [-0.3, -0.25) is 9.80 Å². The van der Waals surface area contributed by atoms with Crippen LogP contribution in [0.25, 0.3) is 0 Å². The van der Waals surface area contributed by atoms with Gasteiger partial charge in [0.2, 0.25) is 0 Å². The Hall–Kier alpha value is -1.64. The molecule has 2 nitrogen and oxygen atoms in total. The SMILES string of the molecule is C[C@H]1CN(Cc2ccccc2)[C@@H](C)CN1Cc1ccccc1. The van der Waals surface area contributed by atoms with E-state index in [4.69, 9.17) is 0 Å². The normalized spacial score (nSPS) is 23.5. The van der Waals surface area contributed by atoms with Crippen molar-refractivity contribution in [2.24, 2.45) is 0 Å². The van der Waals surface area contributed by atoms with Crippen LogP contribution in [0.3, 0.4) is 0 Å². The molecule has 0 saturated carbocycles. The first kappa shape index (κ1) is 15.3. The minimum absolute atomic E-state index is 0.597. The third kappa shape index (κ3) is 3.76. The molecule has 0 N–H and O–H groups in total. The molecule has 2 aromatic carbocycles. The lowest BCUT2D eigenvalue weighted by atomic mass is 10.1. The van der Waals surface area contributed by atoms with Crippen LogP contribution in [0.15, 0.2) is 60.7 Å². The lowest BCUT2D eigenvalue weighted by Crippen LogP contribution is -2.55. The van der Waals surface area contributed by atoms with Crippen LogP contribution in [0.1, 0.15) is 25.0 Å². The third-order valence-electron chi connectivity index (χ3n) is 4.70. The number of nitrogens with zero attached hydrogens (tertiary/aromatic N) is 2. The van der Waals surface area contributed by atoms with Gasteiger partial charge in [0.05, 0.1) is 0 Å². The molecule has 1 heterocycles. The zero-order chi connectivity index (χ0) is 15.4. The van der Waals surface area contributed by atoms with E-state index in [-0.39, 0.29) is 0 Å². The van der Waals surface area contributed by atoms with Crippen molar-refractivity contribution in [1.29, 1.82) is 0 Å². The fourth-order valence-electron chi connectivity index (χ4n) is 3.35. The quantitative estimate of drug-likeness (QED) is 0.846. The van der Waals surface area contributed by atoms with E-state index in [2.05, 4.69) is 84.3 Å². The number of hydrogen-bond donors (Lipinski definition) is 0. The molecule has 0 spiro atoms. The Kier molecular flexibility index (Phi) is 4.91. The summed E-state index contributed by atoms with van der Waals surface area (Å²) in [5.74, 6) is 0. The minimum atomic E-state index is 0.597. The molecule has 0 aromatic heterocycles. The molecule has 22 heavy (non-hydrogen) atoms. The number of rotatable bonds is 4. The summed E-state index contributed by atoms with van der Waals surface area (Å²) >= 11 is 0. The van der Waals surface area contributed by atoms with Gasteiger partial charge in [-0.25, -0.2) is 0 Å². The Morgan fingerprint density at radius 2 is 1.05 bits per heavy atom. The molecule has 0 amide bonds. The van der Waals surface area contributed by atoms with E-state index in [1.54, 1.807) is 0 Å². The van der Waals surface area contributed by atoms with Crippen molar-refractivity contribution in [1.82, 2.24) is 9.80 Å². The second-order valence-electron chi connectivity index (χ2n) is 6.53. The topological polar surface area (TPSA) is 6.48 Å². The highest BCUT2D eigenvalue weighted by atomic mass is 15.3. The lowest BCUT2D eigenvalue weighted by molar-refractivity contribution is 0.0328. The first-order valence-electron chi connectivity index (χ1n) is 8.28. The zero-order valence-corrected chi connectivity index (χ0v) is 13.7. The molecule has 0 radical (unpaired) electrons. The van der Waals surface area contributed by atoms with E-state index in [1.807, 2.05) is 0 Å². The fraction of sp³-hybridized carbons (Fsp3) is 0.400. The predicted octanol–water partition coefficient (Wildman–Crippen LogP) is 3.78. The molecule has 1 saturated heterocycles. The van der Waals surface area contributed by atoms with E-state index in [0.29, 0.717) is 12.1 Å². The molecule has 0 bridgehead atoms. The monoisotopic (exact) mass is 294 g/mol. The molecule has 2 heteroatoms.